The molecule has 2 aromatic carbocycles. The van der Waals surface area contributed by atoms with Crippen LogP contribution in [0, 0.1) is 0 Å². The van der Waals surface area contributed by atoms with Gasteiger partial charge in [0.15, 0.2) is 0 Å². The number of hydrogen-bond acceptors (Lipinski definition) is 4. The standard InChI is InChI=1S/C24H30N2O4S/c1-26(31(2,28)29)22(18-11-5-3-6-12-18)23(27)25-20-17-24(15-9-4-10-16-24)30-21-14-8-7-13-19(20)21/h3,5-8,11-14,20,22H,4,9-10,15-17H2,1-2H3,(H,25,27)/t20-,22+/m1/s1. The summed E-state index contributed by atoms with van der Waals surface area (Å²) < 4.78 is 32.2. The molecule has 2 atom stereocenters. The highest BCUT2D eigenvalue weighted by Crippen LogP contribution is 2.46. The van der Waals surface area contributed by atoms with Crippen molar-refractivity contribution in [3.05, 3.63) is 65.7 Å². The number of para-hydroxylation sites is 1. The van der Waals surface area contributed by atoms with E-state index >= 15 is 0 Å². The quantitative estimate of drug-likeness (QED) is 0.760. The summed E-state index contributed by atoms with van der Waals surface area (Å²) >= 11 is 0. The Morgan fingerprint density at radius 3 is 2.39 bits per heavy atom. The maximum absolute atomic E-state index is 13.5. The molecule has 1 fully saturated rings. The van der Waals surface area contributed by atoms with E-state index < -0.39 is 16.1 Å². The van der Waals surface area contributed by atoms with Crippen molar-refractivity contribution < 1.29 is 17.9 Å². The Morgan fingerprint density at radius 1 is 1.06 bits per heavy atom. The van der Waals surface area contributed by atoms with Crippen LogP contribution in [0.2, 0.25) is 0 Å². The number of sulfonamides is 1. The Bertz CT molecular complexity index is 1030. The molecule has 166 valence electrons. The largest absolute Gasteiger partial charge is 0.487 e. The molecule has 7 heteroatoms. The summed E-state index contributed by atoms with van der Waals surface area (Å²) in [4.78, 5) is 13.5. The molecule has 1 aliphatic heterocycles. The van der Waals surface area contributed by atoms with E-state index in [1.807, 2.05) is 42.5 Å². The van der Waals surface area contributed by atoms with Gasteiger partial charge in [-0.15, -0.1) is 0 Å². The second kappa shape index (κ2) is 8.63. The monoisotopic (exact) mass is 442 g/mol. The third kappa shape index (κ3) is 4.62. The summed E-state index contributed by atoms with van der Waals surface area (Å²) in [7, 11) is -2.12. The van der Waals surface area contributed by atoms with Crippen LogP contribution in [-0.4, -0.2) is 37.5 Å². The Hall–Kier alpha value is -2.38. The minimum atomic E-state index is -3.58. The molecule has 1 amide bonds. The van der Waals surface area contributed by atoms with Gasteiger partial charge in [0.05, 0.1) is 12.3 Å². The maximum atomic E-state index is 13.5. The van der Waals surface area contributed by atoms with Gasteiger partial charge < -0.3 is 10.1 Å². The van der Waals surface area contributed by atoms with Crippen molar-refractivity contribution in [2.75, 3.05) is 13.3 Å². The fourth-order valence-corrected chi connectivity index (χ4v) is 5.45. The van der Waals surface area contributed by atoms with Gasteiger partial charge in [-0.1, -0.05) is 55.0 Å². The molecule has 1 N–H and O–H groups in total. The van der Waals surface area contributed by atoms with Gasteiger partial charge >= 0.3 is 0 Å². The summed E-state index contributed by atoms with van der Waals surface area (Å²) in [5, 5.41) is 3.17. The number of benzene rings is 2. The highest BCUT2D eigenvalue weighted by atomic mass is 32.2. The number of rotatable bonds is 5. The van der Waals surface area contributed by atoms with E-state index in [4.69, 9.17) is 4.74 Å². The van der Waals surface area contributed by atoms with Gasteiger partial charge in [-0.05, 0) is 37.3 Å². The summed E-state index contributed by atoms with van der Waals surface area (Å²) in [6, 6.07) is 15.7. The van der Waals surface area contributed by atoms with Crippen molar-refractivity contribution in [2.24, 2.45) is 0 Å². The smallest absolute Gasteiger partial charge is 0.243 e. The van der Waals surface area contributed by atoms with Crippen molar-refractivity contribution in [2.45, 2.75) is 56.2 Å². The maximum Gasteiger partial charge on any atom is 0.243 e. The van der Waals surface area contributed by atoms with Crippen molar-refractivity contribution >= 4 is 15.9 Å². The zero-order valence-corrected chi connectivity index (χ0v) is 18.9. The van der Waals surface area contributed by atoms with Crippen molar-refractivity contribution in [3.63, 3.8) is 0 Å². The number of ether oxygens (including phenoxy) is 1. The Kier molecular flexibility index (Phi) is 6.08. The zero-order chi connectivity index (χ0) is 22.1. The lowest BCUT2D eigenvalue weighted by Crippen LogP contribution is -2.48. The summed E-state index contributed by atoms with van der Waals surface area (Å²) in [5.41, 5.74) is 1.32. The first kappa shape index (κ1) is 21.8. The Labute approximate surface area is 184 Å². The molecule has 0 unspecified atom stereocenters. The molecule has 31 heavy (non-hydrogen) atoms. The molecular formula is C24H30N2O4S. The van der Waals surface area contributed by atoms with E-state index in [9.17, 15) is 13.2 Å². The van der Waals surface area contributed by atoms with Gasteiger partial charge in [0.1, 0.15) is 17.4 Å². The minimum absolute atomic E-state index is 0.227. The van der Waals surface area contributed by atoms with Crippen LogP contribution in [-0.2, 0) is 14.8 Å². The number of hydrogen-bond donors (Lipinski definition) is 1. The summed E-state index contributed by atoms with van der Waals surface area (Å²) in [6.45, 7) is 0. The van der Waals surface area contributed by atoms with E-state index in [1.165, 1.54) is 13.5 Å². The molecule has 6 nitrogen and oxygen atoms in total. The number of nitrogens with zero attached hydrogens (tertiary/aromatic N) is 1. The molecule has 1 heterocycles. The lowest BCUT2D eigenvalue weighted by atomic mass is 9.77. The molecule has 2 aromatic rings. The molecular weight excluding hydrogens is 412 g/mol. The van der Waals surface area contributed by atoms with Crippen LogP contribution < -0.4 is 10.1 Å². The van der Waals surface area contributed by atoms with Crippen LogP contribution in [0.4, 0.5) is 0 Å². The van der Waals surface area contributed by atoms with Gasteiger partial charge in [0.25, 0.3) is 0 Å². The first-order chi connectivity index (χ1) is 14.8. The number of nitrogens with one attached hydrogen (secondary N) is 1. The van der Waals surface area contributed by atoms with Crippen molar-refractivity contribution in [3.8, 4) is 5.75 Å². The van der Waals surface area contributed by atoms with Crippen LogP contribution in [0.25, 0.3) is 0 Å². The third-order valence-electron chi connectivity index (χ3n) is 6.53. The molecule has 0 aromatic heterocycles. The summed E-state index contributed by atoms with van der Waals surface area (Å²) in [6.07, 6.45) is 7.20. The van der Waals surface area contributed by atoms with Crippen molar-refractivity contribution in [1.82, 2.24) is 9.62 Å². The number of fused-ring (bicyclic) bond motifs is 1. The second-order valence-corrected chi connectivity index (χ2v) is 10.8. The van der Waals surface area contributed by atoms with Gasteiger partial charge in [-0.2, -0.15) is 4.31 Å². The molecule has 1 aliphatic carbocycles. The summed E-state index contributed by atoms with van der Waals surface area (Å²) in [5.74, 6) is 0.487. The molecule has 0 radical (unpaired) electrons. The first-order valence-corrected chi connectivity index (χ1v) is 12.7. The molecule has 4 rings (SSSR count). The number of likely N-dealkylation sites (N-methyl/N-ethyl adjacent to an activating group) is 1. The normalized spacial score (nSPS) is 21.2. The van der Waals surface area contributed by atoms with E-state index in [0.717, 1.165) is 47.6 Å². The highest BCUT2D eigenvalue weighted by Gasteiger charge is 2.43. The van der Waals surface area contributed by atoms with E-state index in [0.29, 0.717) is 12.0 Å². The van der Waals surface area contributed by atoms with Crippen molar-refractivity contribution in [1.29, 1.82) is 0 Å². The first-order valence-electron chi connectivity index (χ1n) is 10.9. The Morgan fingerprint density at radius 2 is 1.71 bits per heavy atom. The average Bonchev–Trinajstić information content (AvgIpc) is 2.74. The second-order valence-electron chi connectivity index (χ2n) is 8.74. The van der Waals surface area contributed by atoms with E-state index in [-0.39, 0.29) is 17.6 Å². The number of carbonyl (C=O) groups is 1. The van der Waals surface area contributed by atoms with Crippen LogP contribution in [0.5, 0.6) is 5.75 Å². The van der Waals surface area contributed by atoms with Crippen LogP contribution in [0.15, 0.2) is 54.6 Å². The van der Waals surface area contributed by atoms with Gasteiger partial charge in [-0.3, -0.25) is 4.79 Å². The van der Waals surface area contributed by atoms with E-state index in [2.05, 4.69) is 5.32 Å². The lowest BCUT2D eigenvalue weighted by molar-refractivity contribution is -0.126. The van der Waals surface area contributed by atoms with Gasteiger partial charge in [0.2, 0.25) is 15.9 Å². The predicted molar refractivity (Wildman–Crippen MR) is 120 cm³/mol. The number of carbonyl (C=O) groups excluding carboxylic acids is 1. The fraction of sp³-hybridized carbons (Fsp3) is 0.458. The van der Waals surface area contributed by atoms with Gasteiger partial charge in [-0.25, -0.2) is 8.42 Å². The molecule has 2 aliphatic rings. The zero-order valence-electron chi connectivity index (χ0n) is 18.1. The van der Waals surface area contributed by atoms with Gasteiger partial charge in [0, 0.05) is 19.0 Å². The molecule has 0 saturated heterocycles. The lowest BCUT2D eigenvalue weighted by Gasteiger charge is -2.45. The minimum Gasteiger partial charge on any atom is -0.487 e. The predicted octanol–water partition coefficient (Wildman–Crippen LogP) is 3.96. The third-order valence-corrected chi connectivity index (χ3v) is 7.79. The topological polar surface area (TPSA) is 75.7 Å². The van der Waals surface area contributed by atoms with E-state index in [1.54, 1.807) is 12.1 Å². The Balaban J connectivity index is 1.66. The average molecular weight is 443 g/mol. The number of amides is 1. The fourth-order valence-electron chi connectivity index (χ4n) is 4.85. The molecule has 1 spiro atoms. The van der Waals surface area contributed by atoms with Crippen LogP contribution >= 0.6 is 0 Å². The SMILES string of the molecule is CN([C@H](C(=O)N[C@@H]1CC2(CCCCC2)Oc2ccccc21)c1ccccc1)S(C)(=O)=O. The van der Waals surface area contributed by atoms with Crippen LogP contribution in [0.1, 0.15) is 61.7 Å². The molecule has 0 bridgehead atoms. The molecule has 1 saturated carbocycles. The highest BCUT2D eigenvalue weighted by molar-refractivity contribution is 7.88. The van der Waals surface area contributed by atoms with Crippen LogP contribution in [0.3, 0.4) is 0 Å².